The molecule has 49 heavy (non-hydrogen) atoms. The van der Waals surface area contributed by atoms with E-state index in [4.69, 9.17) is 14.7 Å². The zero-order valence-electron chi connectivity index (χ0n) is 26.8. The summed E-state index contributed by atoms with van der Waals surface area (Å²) in [5, 5.41) is 4.85. The van der Waals surface area contributed by atoms with E-state index in [0.717, 1.165) is 56.1 Å². The maximum absolute atomic E-state index is 6.57. The number of fused-ring (bicyclic) bond motifs is 8. The van der Waals surface area contributed by atoms with Crippen LogP contribution in [0.15, 0.2) is 158 Å². The molecule has 1 aliphatic carbocycles. The smallest absolute Gasteiger partial charge is 0.137 e. The third kappa shape index (κ3) is 4.38. The molecule has 0 unspecified atom stereocenters. The molecule has 0 saturated carbocycles. The van der Waals surface area contributed by atoms with Crippen LogP contribution < -0.4 is 4.74 Å². The molecule has 10 rings (SSSR count). The Labute approximate surface area is 283 Å². The number of nitrogens with zero attached hydrogens (tertiary/aromatic N) is 3. The number of rotatable bonds is 4. The molecule has 6 aromatic carbocycles. The molecule has 0 spiro atoms. The fourth-order valence-corrected chi connectivity index (χ4v) is 7.55. The van der Waals surface area contributed by atoms with Gasteiger partial charge in [0.2, 0.25) is 0 Å². The van der Waals surface area contributed by atoms with Crippen LogP contribution in [-0.2, 0) is 0 Å². The van der Waals surface area contributed by atoms with E-state index in [2.05, 4.69) is 133 Å². The first-order chi connectivity index (χ1) is 24.2. The van der Waals surface area contributed by atoms with E-state index >= 15 is 0 Å². The molecular formula is C45H29N3O. The van der Waals surface area contributed by atoms with Gasteiger partial charge in [-0.15, -0.1) is 0 Å². The van der Waals surface area contributed by atoms with Gasteiger partial charge in [-0.25, -0.2) is 4.98 Å². The summed E-state index contributed by atoms with van der Waals surface area (Å²) in [6, 6.07) is 51.2. The summed E-state index contributed by atoms with van der Waals surface area (Å²) in [4.78, 5) is 9.77. The van der Waals surface area contributed by atoms with Gasteiger partial charge in [0.05, 0.1) is 16.7 Å². The van der Waals surface area contributed by atoms with Gasteiger partial charge in [-0.05, 0) is 99.6 Å². The first-order valence-electron chi connectivity index (χ1n) is 16.6. The number of hydrogen-bond donors (Lipinski definition) is 0. The van der Waals surface area contributed by atoms with Crippen molar-refractivity contribution in [3.05, 3.63) is 164 Å². The van der Waals surface area contributed by atoms with Gasteiger partial charge in [0, 0.05) is 40.4 Å². The molecule has 0 N–H and O–H groups in total. The number of aromatic nitrogens is 3. The lowest BCUT2D eigenvalue weighted by atomic mass is 9.94. The lowest BCUT2D eigenvalue weighted by molar-refractivity contribution is 0.483. The molecule has 4 heteroatoms. The molecule has 4 nitrogen and oxygen atoms in total. The highest BCUT2D eigenvalue weighted by atomic mass is 16.5. The first kappa shape index (κ1) is 27.6. The van der Waals surface area contributed by atoms with Crippen LogP contribution in [0.3, 0.4) is 0 Å². The van der Waals surface area contributed by atoms with Gasteiger partial charge in [-0.3, -0.25) is 9.55 Å². The second-order valence-corrected chi connectivity index (χ2v) is 12.7. The number of aryl methyl sites for hydroxylation is 1. The molecule has 0 amide bonds. The highest BCUT2D eigenvalue weighted by Crippen LogP contribution is 2.48. The van der Waals surface area contributed by atoms with Gasteiger partial charge in [-0.2, -0.15) is 0 Å². The van der Waals surface area contributed by atoms with Crippen LogP contribution in [0.25, 0.3) is 83.0 Å². The van der Waals surface area contributed by atoms with Crippen molar-refractivity contribution >= 4 is 32.6 Å². The third-order valence-electron chi connectivity index (χ3n) is 9.75. The van der Waals surface area contributed by atoms with E-state index in [1.54, 1.807) is 0 Å². The predicted octanol–water partition coefficient (Wildman–Crippen LogP) is 11.8. The Bertz CT molecular complexity index is 2770. The van der Waals surface area contributed by atoms with Crippen LogP contribution >= 0.6 is 0 Å². The van der Waals surface area contributed by atoms with Crippen molar-refractivity contribution in [2.45, 2.75) is 6.92 Å². The molecule has 0 radical (unpaired) electrons. The third-order valence-corrected chi connectivity index (χ3v) is 9.75. The van der Waals surface area contributed by atoms with E-state index in [0.29, 0.717) is 0 Å². The molecule has 0 bridgehead atoms. The van der Waals surface area contributed by atoms with Crippen LogP contribution in [0.1, 0.15) is 5.56 Å². The molecule has 3 aromatic heterocycles. The van der Waals surface area contributed by atoms with Crippen molar-refractivity contribution in [1.82, 2.24) is 14.5 Å². The molecule has 0 aliphatic heterocycles. The number of para-hydroxylation sites is 1. The summed E-state index contributed by atoms with van der Waals surface area (Å²) in [5.74, 6) is 2.40. The van der Waals surface area contributed by atoms with Gasteiger partial charge in [0.15, 0.2) is 0 Å². The number of ether oxygens (including phenoxy) is 1. The van der Waals surface area contributed by atoms with E-state index in [9.17, 15) is 0 Å². The Balaban J connectivity index is 1.07. The topological polar surface area (TPSA) is 39.9 Å². The second kappa shape index (κ2) is 10.8. The fraction of sp³-hybridized carbons (Fsp3) is 0.0222. The minimum absolute atomic E-state index is 0.752. The number of hydrogen-bond acceptors (Lipinski definition) is 3. The fourth-order valence-electron chi connectivity index (χ4n) is 7.55. The van der Waals surface area contributed by atoms with Crippen LogP contribution in [0.2, 0.25) is 0 Å². The lowest BCUT2D eigenvalue weighted by Crippen LogP contribution is -1.97. The summed E-state index contributed by atoms with van der Waals surface area (Å²) in [6.45, 7) is 2.09. The van der Waals surface area contributed by atoms with Crippen LogP contribution in [0.5, 0.6) is 11.5 Å². The van der Waals surface area contributed by atoms with E-state index < -0.39 is 0 Å². The molecule has 9 aromatic rings. The normalized spacial score (nSPS) is 11.8. The van der Waals surface area contributed by atoms with Crippen molar-refractivity contribution in [3.8, 4) is 62.0 Å². The quantitative estimate of drug-likeness (QED) is 0.195. The molecule has 0 fully saturated rings. The molecule has 0 saturated heterocycles. The molecule has 230 valence electrons. The Morgan fingerprint density at radius 1 is 0.510 bits per heavy atom. The van der Waals surface area contributed by atoms with Crippen molar-refractivity contribution in [3.63, 3.8) is 0 Å². The first-order valence-corrected chi connectivity index (χ1v) is 16.6. The van der Waals surface area contributed by atoms with Crippen molar-refractivity contribution < 1.29 is 4.74 Å². The minimum Gasteiger partial charge on any atom is -0.457 e. The summed E-state index contributed by atoms with van der Waals surface area (Å²) in [5.41, 5.74) is 12.5. The van der Waals surface area contributed by atoms with E-state index in [1.165, 1.54) is 44.0 Å². The SMILES string of the molecule is Cc1ccnc(-n2c3ccccc3c3ccc(Oc4cccc(-c5cc6c(cn5)-c5cccc7cccc(c57)-c5ccccc5-6)c4)cc32)c1. The summed E-state index contributed by atoms with van der Waals surface area (Å²) in [6.07, 6.45) is 3.91. The van der Waals surface area contributed by atoms with E-state index in [1.807, 2.05) is 36.7 Å². The Kier molecular flexibility index (Phi) is 6.06. The average molecular weight is 628 g/mol. The summed E-state index contributed by atoms with van der Waals surface area (Å²) < 4.78 is 8.79. The number of pyridine rings is 2. The van der Waals surface area contributed by atoms with Gasteiger partial charge >= 0.3 is 0 Å². The van der Waals surface area contributed by atoms with Gasteiger partial charge in [-0.1, -0.05) is 91.0 Å². The van der Waals surface area contributed by atoms with Crippen molar-refractivity contribution in [1.29, 1.82) is 0 Å². The highest BCUT2D eigenvalue weighted by Gasteiger charge is 2.22. The average Bonchev–Trinajstić information content (AvgIpc) is 3.42. The molecule has 1 aliphatic rings. The van der Waals surface area contributed by atoms with Crippen molar-refractivity contribution in [2.75, 3.05) is 0 Å². The van der Waals surface area contributed by atoms with Crippen molar-refractivity contribution in [2.24, 2.45) is 0 Å². The van der Waals surface area contributed by atoms with Gasteiger partial charge in [0.25, 0.3) is 0 Å². The molecule has 0 atom stereocenters. The second-order valence-electron chi connectivity index (χ2n) is 12.7. The zero-order chi connectivity index (χ0) is 32.5. The monoisotopic (exact) mass is 627 g/mol. The Morgan fingerprint density at radius 2 is 1.22 bits per heavy atom. The summed E-state index contributed by atoms with van der Waals surface area (Å²) in [7, 11) is 0. The Morgan fingerprint density at radius 3 is 2.08 bits per heavy atom. The minimum atomic E-state index is 0.752. The van der Waals surface area contributed by atoms with Crippen LogP contribution in [-0.4, -0.2) is 14.5 Å². The molecule has 3 heterocycles. The maximum atomic E-state index is 6.57. The summed E-state index contributed by atoms with van der Waals surface area (Å²) >= 11 is 0. The number of benzene rings is 6. The molecular weight excluding hydrogens is 599 g/mol. The van der Waals surface area contributed by atoms with Crippen LogP contribution in [0, 0.1) is 6.92 Å². The van der Waals surface area contributed by atoms with Gasteiger partial charge < -0.3 is 4.74 Å². The Hall–Kier alpha value is -6.52. The predicted molar refractivity (Wildman–Crippen MR) is 200 cm³/mol. The van der Waals surface area contributed by atoms with Crippen LogP contribution in [0.4, 0.5) is 0 Å². The zero-order valence-corrected chi connectivity index (χ0v) is 26.8. The highest BCUT2D eigenvalue weighted by molar-refractivity contribution is 6.13. The maximum Gasteiger partial charge on any atom is 0.137 e. The standard InChI is InChI=1S/C45H29N3O/c1-28-21-22-46-44(23-28)48-42-18-5-4-15-35(42)36-20-19-32(25-43(36)48)49-31-12-6-11-30(24-31)41-26-39-34-14-3-2-13-33(34)37-16-7-9-29-10-8-17-38(45(29)37)40(39)27-47-41/h2-27H,1H3. The van der Waals surface area contributed by atoms with E-state index in [-0.39, 0.29) is 0 Å². The van der Waals surface area contributed by atoms with Gasteiger partial charge in [0.1, 0.15) is 17.3 Å². The lowest BCUT2D eigenvalue weighted by Gasteiger charge is -2.13. The largest absolute Gasteiger partial charge is 0.457 e.